The van der Waals surface area contributed by atoms with Gasteiger partial charge < -0.3 is 66.8 Å². The van der Waals surface area contributed by atoms with Crippen LogP contribution in [0.4, 0.5) is 5.82 Å². The third-order valence-electron chi connectivity index (χ3n) is 7.27. The van der Waals surface area contributed by atoms with Gasteiger partial charge in [0.2, 0.25) is 11.8 Å². The number of aromatic nitrogens is 4. The molecule has 2 amide bonds. The Labute approximate surface area is 322 Å². The van der Waals surface area contributed by atoms with Crippen molar-refractivity contribution in [3.8, 4) is 0 Å². The van der Waals surface area contributed by atoms with Gasteiger partial charge in [0.15, 0.2) is 17.7 Å². The number of aliphatic hydroxyl groups excluding tert-OH is 3. The summed E-state index contributed by atoms with van der Waals surface area (Å²) >= 11 is 3.95. The van der Waals surface area contributed by atoms with Gasteiger partial charge in [-0.15, -0.1) is 0 Å². The summed E-state index contributed by atoms with van der Waals surface area (Å²) in [7, 11) is -16.3. The number of carbonyl (C=O) groups is 3. The highest BCUT2D eigenvalue weighted by atomic mass is 32.1. The first kappa shape index (κ1) is 49.4. The van der Waals surface area contributed by atoms with Crippen molar-refractivity contribution in [2.24, 2.45) is 11.1 Å². The summed E-state index contributed by atoms with van der Waals surface area (Å²) in [6.45, 7) is 0.550. The molecule has 8 atom stereocenters. The van der Waals surface area contributed by atoms with E-state index in [1.807, 2.05) is 0 Å². The molecule has 0 spiro atoms. The molecule has 1 aliphatic heterocycles. The molecular formula is C25H45N8O19P3S. The number of thiol groups is 1. The van der Waals surface area contributed by atoms with Gasteiger partial charge in [-0.25, -0.2) is 28.6 Å². The molecule has 1 aliphatic rings. The third-order valence-corrected chi connectivity index (χ3v) is 10.6. The molecule has 0 aliphatic carbocycles. The van der Waals surface area contributed by atoms with Crippen LogP contribution in [0, 0.1) is 5.41 Å². The molecule has 3 heterocycles. The van der Waals surface area contributed by atoms with E-state index in [9.17, 15) is 57.9 Å². The first-order valence-corrected chi connectivity index (χ1v) is 21.1. The molecule has 320 valence electrons. The van der Waals surface area contributed by atoms with Crippen LogP contribution < -0.4 is 22.1 Å². The summed E-state index contributed by atoms with van der Waals surface area (Å²) in [4.78, 5) is 84.5. The van der Waals surface area contributed by atoms with Crippen molar-refractivity contribution in [1.82, 2.24) is 30.2 Å². The van der Waals surface area contributed by atoms with E-state index in [0.717, 1.165) is 17.2 Å². The number of anilines is 1. The molecule has 1 saturated heterocycles. The molecule has 0 radical (unpaired) electrons. The number of hydrogen-bond acceptors (Lipinski definition) is 20. The Bertz CT molecular complexity index is 1790. The highest BCUT2D eigenvalue weighted by molar-refractivity contribution is 7.80. The van der Waals surface area contributed by atoms with Gasteiger partial charge in [-0.3, -0.25) is 32.5 Å². The lowest BCUT2D eigenvalue weighted by atomic mass is 9.87. The number of amides is 2. The molecule has 0 aromatic carbocycles. The summed E-state index contributed by atoms with van der Waals surface area (Å²) in [6, 6.07) is -0.917. The summed E-state index contributed by atoms with van der Waals surface area (Å²) in [5, 5.41) is 42.3. The van der Waals surface area contributed by atoms with Gasteiger partial charge in [0.25, 0.3) is 0 Å². The maximum atomic E-state index is 12.6. The van der Waals surface area contributed by atoms with E-state index in [1.165, 1.54) is 13.8 Å². The van der Waals surface area contributed by atoms with Crippen molar-refractivity contribution in [2.75, 3.05) is 44.4 Å². The fourth-order valence-corrected chi connectivity index (χ4v) is 7.34. The smallest absolute Gasteiger partial charge is 0.480 e. The zero-order chi connectivity index (χ0) is 42.6. The molecule has 2 aromatic rings. The Morgan fingerprint density at radius 2 is 1.71 bits per heavy atom. The summed E-state index contributed by atoms with van der Waals surface area (Å²) in [5.74, 6) is -2.01. The van der Waals surface area contributed by atoms with Gasteiger partial charge in [-0.05, 0) is 6.42 Å². The van der Waals surface area contributed by atoms with Gasteiger partial charge in [-0.2, -0.15) is 16.9 Å². The second-order valence-corrected chi connectivity index (χ2v) is 16.9. The zero-order valence-corrected chi connectivity index (χ0v) is 33.2. The number of nitrogens with two attached hydrogens (primary N) is 2. The normalized spacial score (nSPS) is 21.9. The lowest BCUT2D eigenvalue weighted by Gasteiger charge is -2.30. The predicted octanol–water partition coefficient (Wildman–Crippen LogP) is -2.88. The highest BCUT2D eigenvalue weighted by Crippen LogP contribution is 2.61. The first-order chi connectivity index (χ1) is 25.8. The first-order valence-electron chi connectivity index (χ1n) is 15.9. The Hall–Kier alpha value is -2.72. The van der Waals surface area contributed by atoms with Crippen molar-refractivity contribution < 1.29 is 90.7 Å². The van der Waals surface area contributed by atoms with Gasteiger partial charge in [0, 0.05) is 37.3 Å². The van der Waals surface area contributed by atoms with Crippen LogP contribution in [0.1, 0.15) is 32.9 Å². The quantitative estimate of drug-likeness (QED) is 0.0442. The zero-order valence-electron chi connectivity index (χ0n) is 29.6. The molecular weight excluding hydrogens is 841 g/mol. The summed E-state index contributed by atoms with van der Waals surface area (Å²) in [6.07, 6.45) is -6.62. The van der Waals surface area contributed by atoms with E-state index in [0.29, 0.717) is 12.3 Å². The molecule has 14 N–H and O–H groups in total. The van der Waals surface area contributed by atoms with Crippen LogP contribution >= 0.6 is 36.1 Å². The summed E-state index contributed by atoms with van der Waals surface area (Å²) < 4.78 is 61.7. The molecule has 31 heteroatoms. The molecule has 2 unspecified atom stereocenters. The minimum Gasteiger partial charge on any atom is -0.480 e. The number of rotatable bonds is 21. The molecule has 56 heavy (non-hydrogen) atoms. The van der Waals surface area contributed by atoms with Crippen molar-refractivity contribution in [1.29, 1.82) is 0 Å². The second-order valence-electron chi connectivity index (χ2n) is 12.2. The predicted molar refractivity (Wildman–Crippen MR) is 191 cm³/mol. The number of nitrogens with zero attached hydrogens (tertiary/aromatic N) is 4. The largest absolute Gasteiger partial charge is 0.481 e. The Morgan fingerprint density at radius 1 is 1.07 bits per heavy atom. The molecule has 1 fully saturated rings. The Kier molecular flexibility index (Phi) is 18.8. The summed E-state index contributed by atoms with van der Waals surface area (Å²) in [5.41, 5.74) is 9.27. The number of aliphatic hydroxyl groups is 3. The number of carboxylic acids is 1. The van der Waals surface area contributed by atoms with Crippen LogP contribution in [-0.2, 0) is 50.7 Å². The fourth-order valence-electron chi connectivity index (χ4n) is 4.40. The van der Waals surface area contributed by atoms with E-state index in [1.54, 1.807) is 0 Å². The van der Waals surface area contributed by atoms with E-state index in [2.05, 4.69) is 47.0 Å². The van der Waals surface area contributed by atoms with Crippen molar-refractivity contribution >= 4 is 70.9 Å². The van der Waals surface area contributed by atoms with Crippen molar-refractivity contribution in [2.45, 2.75) is 63.4 Å². The lowest BCUT2D eigenvalue weighted by Crippen LogP contribution is -2.46. The Balaban J connectivity index is 0.00000122. The van der Waals surface area contributed by atoms with Gasteiger partial charge >= 0.3 is 29.4 Å². The molecule has 27 nitrogen and oxygen atoms in total. The van der Waals surface area contributed by atoms with Crippen LogP contribution in [0.15, 0.2) is 12.7 Å². The number of aliphatic carboxylic acids is 1. The van der Waals surface area contributed by atoms with E-state index in [-0.39, 0.29) is 48.9 Å². The molecule has 0 saturated carbocycles. The van der Waals surface area contributed by atoms with E-state index >= 15 is 0 Å². The third kappa shape index (κ3) is 15.6. The number of carboxylic acid groups (broad SMARTS) is 1. The maximum absolute atomic E-state index is 12.6. The molecule has 2 aromatic heterocycles. The van der Waals surface area contributed by atoms with Crippen LogP contribution in [0.25, 0.3) is 11.2 Å². The van der Waals surface area contributed by atoms with Gasteiger partial charge in [0.1, 0.15) is 42.3 Å². The fraction of sp³-hybridized carbons (Fsp3) is 0.680. The minimum absolute atomic E-state index is 0.0363. The number of carbonyl (C=O) groups excluding carboxylic acids is 2. The van der Waals surface area contributed by atoms with Crippen LogP contribution in [0.2, 0.25) is 0 Å². The van der Waals surface area contributed by atoms with Gasteiger partial charge in [-0.1, -0.05) is 13.8 Å². The van der Waals surface area contributed by atoms with Crippen LogP contribution in [0.5, 0.6) is 0 Å². The van der Waals surface area contributed by atoms with E-state index < -0.39 is 90.7 Å². The van der Waals surface area contributed by atoms with Gasteiger partial charge in [0.05, 0.1) is 19.5 Å². The monoisotopic (exact) mass is 886 g/mol. The number of nitrogens with one attached hydrogen (secondary N) is 2. The number of hydrogen-bond donors (Lipinski definition) is 13. The number of phosphoric acid groups is 3. The topological polar surface area (TPSA) is 430 Å². The minimum atomic E-state index is -5.54. The number of ether oxygens (including phenoxy) is 1. The van der Waals surface area contributed by atoms with Crippen molar-refractivity contribution in [3.05, 3.63) is 12.7 Å². The van der Waals surface area contributed by atoms with Crippen molar-refractivity contribution in [3.63, 3.8) is 0 Å². The second kappa shape index (κ2) is 21.3. The number of fused-ring (bicyclic) bond motifs is 1. The standard InChI is InChI=1S/C21H36N7O16P3S.C4H9NO3/c1-21(2,16(31)19(32)24-4-3-12(29)23-5-6-48)8-41-47(38,39)44-46(36,37)40-7-11-15(43-45(33,34)35)14(30)20(42-11)28-10-27-13-17(22)25-9-26-18(13)28;5-3(1-2-6)4(7)8/h9-11,14-16,20,30-31,48H,3-8H2,1-2H3,(H,23,29)(H,24,32)(H,36,37)(H,38,39)(H2,22,25,26)(H2,33,34,35);3,6H,1-2,5H2,(H,7,8)/t11-,14-,15-,16+,20-;3-/m10/s1. The van der Waals surface area contributed by atoms with Crippen LogP contribution in [-0.4, -0.2) is 146 Å². The average molecular weight is 887 g/mol. The molecule has 3 rings (SSSR count). The number of nitrogen functional groups attached to an aromatic ring is 1. The highest BCUT2D eigenvalue weighted by Gasteiger charge is 2.50. The number of imidazole rings is 1. The average Bonchev–Trinajstić information content (AvgIpc) is 3.65. The molecule has 0 bridgehead atoms. The van der Waals surface area contributed by atoms with Crippen LogP contribution in [0.3, 0.4) is 0 Å². The maximum Gasteiger partial charge on any atom is 0.481 e. The number of phosphoric ester groups is 3. The SMILES string of the molecule is CC(C)(COP(=O)(O)OP(=O)(O)OC[C@H]1O[C@@H](n2cnc3c(N)ncnc32)[C@H](O)[C@@H]1OP(=O)(O)O)[C@@H](O)C(=O)NCCC(=O)NCCS.N[C@@H](CCO)C(=O)O. The van der Waals surface area contributed by atoms with E-state index in [4.69, 9.17) is 35.5 Å². The lowest BCUT2D eigenvalue weighted by molar-refractivity contribution is -0.139. The Morgan fingerprint density at radius 3 is 2.29 bits per heavy atom.